The number of fused-ring (bicyclic) bond motifs is 1. The van der Waals surface area contributed by atoms with E-state index in [9.17, 15) is 5.11 Å². The first-order chi connectivity index (χ1) is 9.75. The molecular formula is C16H18N2O2. The molecule has 1 aromatic carbocycles. The number of rotatable bonds is 3. The quantitative estimate of drug-likeness (QED) is 0.926. The second-order valence-corrected chi connectivity index (χ2v) is 5.14. The SMILES string of the molecule is CN(Cc1cccnc1)C1COc2ccccc2C1O. The van der Waals surface area contributed by atoms with E-state index >= 15 is 0 Å². The third-order valence-corrected chi connectivity index (χ3v) is 3.73. The van der Waals surface area contributed by atoms with Gasteiger partial charge in [-0.15, -0.1) is 0 Å². The maximum absolute atomic E-state index is 10.5. The van der Waals surface area contributed by atoms with Gasteiger partial charge in [0.25, 0.3) is 0 Å². The normalized spacial score (nSPS) is 21.4. The van der Waals surface area contributed by atoms with Gasteiger partial charge in [-0.05, 0) is 24.7 Å². The van der Waals surface area contributed by atoms with Crippen molar-refractivity contribution in [1.82, 2.24) is 9.88 Å². The summed E-state index contributed by atoms with van der Waals surface area (Å²) in [5.74, 6) is 0.783. The van der Waals surface area contributed by atoms with Crippen LogP contribution in [-0.4, -0.2) is 34.7 Å². The number of pyridine rings is 1. The fourth-order valence-electron chi connectivity index (χ4n) is 2.60. The average molecular weight is 270 g/mol. The molecule has 0 saturated carbocycles. The van der Waals surface area contributed by atoms with Gasteiger partial charge in [0, 0.05) is 24.5 Å². The van der Waals surface area contributed by atoms with Crippen LogP contribution in [0, 0.1) is 0 Å². The van der Waals surface area contributed by atoms with E-state index in [0.29, 0.717) is 6.61 Å². The van der Waals surface area contributed by atoms with Gasteiger partial charge in [-0.1, -0.05) is 24.3 Å². The first kappa shape index (κ1) is 13.1. The first-order valence-corrected chi connectivity index (χ1v) is 6.74. The highest BCUT2D eigenvalue weighted by molar-refractivity contribution is 5.37. The first-order valence-electron chi connectivity index (χ1n) is 6.74. The minimum Gasteiger partial charge on any atom is -0.491 e. The van der Waals surface area contributed by atoms with Crippen LogP contribution < -0.4 is 4.74 Å². The molecule has 20 heavy (non-hydrogen) atoms. The van der Waals surface area contributed by atoms with Crippen molar-refractivity contribution in [2.24, 2.45) is 0 Å². The Morgan fingerprint density at radius 2 is 2.15 bits per heavy atom. The molecule has 0 amide bonds. The number of aliphatic hydroxyl groups excluding tert-OH is 1. The zero-order valence-corrected chi connectivity index (χ0v) is 11.4. The number of likely N-dealkylation sites (N-methyl/N-ethyl adjacent to an activating group) is 1. The predicted octanol–water partition coefficient (Wildman–Crippen LogP) is 2.01. The Morgan fingerprint density at radius 3 is 2.95 bits per heavy atom. The lowest BCUT2D eigenvalue weighted by atomic mass is 9.98. The van der Waals surface area contributed by atoms with Gasteiger partial charge >= 0.3 is 0 Å². The highest BCUT2D eigenvalue weighted by Crippen LogP contribution is 2.33. The minimum atomic E-state index is -0.526. The second kappa shape index (κ2) is 5.61. The van der Waals surface area contributed by atoms with Gasteiger partial charge < -0.3 is 9.84 Å². The molecule has 4 nitrogen and oxygen atoms in total. The molecular weight excluding hydrogens is 252 g/mol. The van der Waals surface area contributed by atoms with Crippen molar-refractivity contribution in [2.75, 3.05) is 13.7 Å². The van der Waals surface area contributed by atoms with Crippen LogP contribution in [-0.2, 0) is 6.54 Å². The van der Waals surface area contributed by atoms with Crippen LogP contribution in [0.25, 0.3) is 0 Å². The zero-order chi connectivity index (χ0) is 13.9. The molecule has 1 aromatic heterocycles. The largest absolute Gasteiger partial charge is 0.491 e. The monoisotopic (exact) mass is 270 g/mol. The number of aliphatic hydroxyl groups is 1. The summed E-state index contributed by atoms with van der Waals surface area (Å²) in [6.45, 7) is 1.23. The van der Waals surface area contributed by atoms with Gasteiger partial charge in [-0.3, -0.25) is 9.88 Å². The Morgan fingerprint density at radius 1 is 1.30 bits per heavy atom. The number of para-hydroxylation sites is 1. The van der Waals surface area contributed by atoms with E-state index in [0.717, 1.165) is 23.4 Å². The van der Waals surface area contributed by atoms with E-state index in [-0.39, 0.29) is 6.04 Å². The summed E-state index contributed by atoms with van der Waals surface area (Å²) in [7, 11) is 2.00. The van der Waals surface area contributed by atoms with E-state index in [2.05, 4.69) is 9.88 Å². The van der Waals surface area contributed by atoms with Crippen molar-refractivity contribution in [3.8, 4) is 5.75 Å². The topological polar surface area (TPSA) is 45.6 Å². The third kappa shape index (κ3) is 2.53. The van der Waals surface area contributed by atoms with E-state index in [4.69, 9.17) is 4.74 Å². The Balaban J connectivity index is 1.75. The third-order valence-electron chi connectivity index (χ3n) is 3.73. The van der Waals surface area contributed by atoms with E-state index in [1.807, 2.05) is 49.6 Å². The van der Waals surface area contributed by atoms with Crippen LogP contribution in [0.4, 0.5) is 0 Å². The summed E-state index contributed by atoms with van der Waals surface area (Å²) in [5.41, 5.74) is 1.99. The van der Waals surface area contributed by atoms with Gasteiger partial charge in [0.2, 0.25) is 0 Å². The van der Waals surface area contributed by atoms with Gasteiger partial charge in [-0.2, -0.15) is 0 Å². The van der Waals surface area contributed by atoms with Crippen molar-refractivity contribution >= 4 is 0 Å². The maximum Gasteiger partial charge on any atom is 0.125 e. The van der Waals surface area contributed by atoms with Crippen LogP contribution >= 0.6 is 0 Å². The predicted molar refractivity (Wildman–Crippen MR) is 76.4 cm³/mol. The number of aromatic nitrogens is 1. The number of hydrogen-bond acceptors (Lipinski definition) is 4. The summed E-state index contributed by atoms with van der Waals surface area (Å²) in [4.78, 5) is 6.23. The van der Waals surface area contributed by atoms with Crippen molar-refractivity contribution < 1.29 is 9.84 Å². The number of nitrogens with zero attached hydrogens (tertiary/aromatic N) is 2. The molecule has 2 atom stereocenters. The van der Waals surface area contributed by atoms with Crippen molar-refractivity contribution in [3.63, 3.8) is 0 Å². The second-order valence-electron chi connectivity index (χ2n) is 5.14. The molecule has 0 spiro atoms. The molecule has 4 heteroatoms. The number of benzene rings is 1. The summed E-state index contributed by atoms with van der Waals surface area (Å²) in [6.07, 6.45) is 3.08. The fraction of sp³-hybridized carbons (Fsp3) is 0.312. The molecule has 2 heterocycles. The van der Waals surface area contributed by atoms with Crippen molar-refractivity contribution in [2.45, 2.75) is 18.7 Å². The number of hydrogen-bond donors (Lipinski definition) is 1. The number of ether oxygens (including phenoxy) is 1. The summed E-state index contributed by atoms with van der Waals surface area (Å²) >= 11 is 0. The minimum absolute atomic E-state index is 0.0508. The van der Waals surface area contributed by atoms with Crippen molar-refractivity contribution in [1.29, 1.82) is 0 Å². The molecule has 0 radical (unpaired) electrons. The van der Waals surface area contributed by atoms with Crippen LogP contribution in [0.1, 0.15) is 17.2 Å². The maximum atomic E-state index is 10.5. The highest BCUT2D eigenvalue weighted by Gasteiger charge is 2.31. The zero-order valence-electron chi connectivity index (χ0n) is 11.4. The molecule has 0 saturated heterocycles. The molecule has 2 aromatic rings. The standard InChI is InChI=1S/C16H18N2O2/c1-18(10-12-5-4-8-17-9-12)14-11-20-15-7-3-2-6-13(15)16(14)19/h2-9,14,16,19H,10-11H2,1H3. The molecule has 1 N–H and O–H groups in total. The van der Waals surface area contributed by atoms with Gasteiger partial charge in [-0.25, -0.2) is 0 Å². The Hall–Kier alpha value is -1.91. The Labute approximate surface area is 118 Å². The molecule has 1 aliphatic heterocycles. The van der Waals surface area contributed by atoms with Gasteiger partial charge in [0.1, 0.15) is 18.5 Å². The smallest absolute Gasteiger partial charge is 0.125 e. The summed E-state index contributed by atoms with van der Waals surface area (Å²) in [6, 6.07) is 11.6. The van der Waals surface area contributed by atoms with Crippen LogP contribution in [0.15, 0.2) is 48.8 Å². The molecule has 2 unspecified atom stereocenters. The van der Waals surface area contributed by atoms with Crippen molar-refractivity contribution in [3.05, 3.63) is 59.9 Å². The molecule has 0 fully saturated rings. The summed E-state index contributed by atoms with van der Waals surface area (Å²) < 4.78 is 5.75. The van der Waals surface area contributed by atoms with E-state index < -0.39 is 6.10 Å². The van der Waals surface area contributed by atoms with E-state index in [1.54, 1.807) is 6.20 Å². The Bertz CT molecular complexity index is 574. The highest BCUT2D eigenvalue weighted by atomic mass is 16.5. The van der Waals surface area contributed by atoms with Gasteiger partial charge in [0.15, 0.2) is 0 Å². The lowest BCUT2D eigenvalue weighted by Crippen LogP contribution is -2.43. The van der Waals surface area contributed by atoms with Crippen LogP contribution in [0.5, 0.6) is 5.75 Å². The van der Waals surface area contributed by atoms with Crippen LogP contribution in [0.3, 0.4) is 0 Å². The van der Waals surface area contributed by atoms with Crippen LogP contribution in [0.2, 0.25) is 0 Å². The average Bonchev–Trinajstić information content (AvgIpc) is 2.49. The Kier molecular flexibility index (Phi) is 3.67. The van der Waals surface area contributed by atoms with Gasteiger partial charge in [0.05, 0.1) is 6.04 Å². The van der Waals surface area contributed by atoms with E-state index in [1.165, 1.54) is 0 Å². The lowest BCUT2D eigenvalue weighted by Gasteiger charge is -2.36. The molecule has 104 valence electrons. The lowest BCUT2D eigenvalue weighted by molar-refractivity contribution is 0.0118. The molecule has 3 rings (SSSR count). The summed E-state index contributed by atoms with van der Waals surface area (Å²) in [5, 5.41) is 10.5. The fourth-order valence-corrected chi connectivity index (χ4v) is 2.60. The molecule has 1 aliphatic rings. The molecule has 0 aliphatic carbocycles. The molecule has 0 bridgehead atoms.